The van der Waals surface area contributed by atoms with E-state index in [1.807, 2.05) is 35.4 Å². The number of hydrogen-bond donors (Lipinski definition) is 2. The molecule has 4 unspecified atom stereocenters. The molecule has 7 heteroatoms. The van der Waals surface area contributed by atoms with Crippen LogP contribution in [-0.4, -0.2) is 48.1 Å². The van der Waals surface area contributed by atoms with Crippen LogP contribution in [0.1, 0.15) is 37.2 Å². The number of aliphatic hydroxyl groups is 1. The van der Waals surface area contributed by atoms with E-state index in [1.54, 1.807) is 12.1 Å². The molecule has 0 spiro atoms. The van der Waals surface area contributed by atoms with Crippen LogP contribution in [0.2, 0.25) is 0 Å². The highest BCUT2D eigenvalue weighted by molar-refractivity contribution is 7.89. The number of carbonyl (C=O) groups is 1. The summed E-state index contributed by atoms with van der Waals surface area (Å²) < 4.78 is 22.4. The second-order valence-corrected chi connectivity index (χ2v) is 9.70. The molecule has 1 saturated heterocycles. The topological polar surface area (TPSA) is 61.8 Å². The second kappa shape index (κ2) is 10.1. The van der Waals surface area contributed by atoms with Crippen molar-refractivity contribution >= 4 is 17.3 Å². The summed E-state index contributed by atoms with van der Waals surface area (Å²) in [6, 6.07) is 15.0. The van der Waals surface area contributed by atoms with E-state index in [-0.39, 0.29) is 30.4 Å². The molecule has 31 heavy (non-hydrogen) atoms. The third-order valence-corrected chi connectivity index (χ3v) is 7.33. The van der Waals surface area contributed by atoms with E-state index in [9.17, 15) is 9.18 Å². The molecule has 2 aromatic carbocycles. The van der Waals surface area contributed by atoms with Crippen molar-refractivity contribution in [2.75, 3.05) is 26.1 Å². The predicted molar refractivity (Wildman–Crippen MR) is 121 cm³/mol. The molecule has 4 rings (SSSR count). The number of carbonyl (C=O) groups excluding carboxylic acids is 1. The molecular formula is C24H30FN2O3S+. The van der Waals surface area contributed by atoms with Crippen molar-refractivity contribution in [3.8, 4) is 11.1 Å². The maximum atomic E-state index is 13.8. The minimum absolute atomic E-state index is 0.0118. The summed E-state index contributed by atoms with van der Waals surface area (Å²) in [6.45, 7) is 1.23. The number of amides is 1. The Hall–Kier alpha value is -1.93. The fourth-order valence-electron chi connectivity index (χ4n) is 4.57. The summed E-state index contributed by atoms with van der Waals surface area (Å²) in [4.78, 5) is 15.2. The number of nitrogens with one attached hydrogen (secondary N) is 1. The molecule has 1 aliphatic carbocycles. The quantitative estimate of drug-likeness (QED) is 0.505. The monoisotopic (exact) mass is 445 g/mol. The standard InChI is InChI=1S/C24H30FN2O3S/c1-31(30-16-28)26-19-8-5-12-27(13-11-19)24(29)23-15-22(23)21-10-3-2-9-20(21)17-6-4-7-18(25)14-17/h2-4,6-7,9-10,14,19,22-23,26,28H,5,8,11-13,15-16H2,1H3/q+1. The molecule has 2 fully saturated rings. The van der Waals surface area contributed by atoms with Crippen LogP contribution in [-0.2, 0) is 20.3 Å². The Bertz CT molecular complexity index is 912. The van der Waals surface area contributed by atoms with Crippen molar-refractivity contribution in [1.29, 1.82) is 0 Å². The van der Waals surface area contributed by atoms with Gasteiger partial charge in [0.25, 0.3) is 0 Å². The predicted octanol–water partition coefficient (Wildman–Crippen LogP) is 3.61. The van der Waals surface area contributed by atoms with Crippen LogP contribution in [0.5, 0.6) is 0 Å². The van der Waals surface area contributed by atoms with Gasteiger partial charge in [0.2, 0.25) is 24.1 Å². The zero-order valence-electron chi connectivity index (χ0n) is 17.8. The van der Waals surface area contributed by atoms with Gasteiger partial charge in [0, 0.05) is 19.0 Å². The fourth-order valence-corrected chi connectivity index (χ4v) is 5.50. The Kier molecular flexibility index (Phi) is 7.27. The largest absolute Gasteiger partial charge is 0.366 e. The van der Waals surface area contributed by atoms with E-state index in [2.05, 4.69) is 10.8 Å². The van der Waals surface area contributed by atoms with Gasteiger partial charge in [0.15, 0.2) is 6.26 Å². The van der Waals surface area contributed by atoms with Gasteiger partial charge in [0.05, 0.1) is 6.04 Å². The van der Waals surface area contributed by atoms with Crippen LogP contribution in [0.4, 0.5) is 4.39 Å². The van der Waals surface area contributed by atoms with Crippen molar-refractivity contribution in [2.24, 2.45) is 5.92 Å². The first-order chi connectivity index (χ1) is 15.1. The third kappa shape index (κ3) is 5.47. The normalized spacial score (nSPS) is 24.5. The smallest absolute Gasteiger partial charge is 0.237 e. The average molecular weight is 446 g/mol. The number of benzene rings is 2. The summed E-state index contributed by atoms with van der Waals surface area (Å²) in [7, 11) is 0. The van der Waals surface area contributed by atoms with Gasteiger partial charge in [-0.3, -0.25) is 4.79 Å². The van der Waals surface area contributed by atoms with E-state index in [4.69, 9.17) is 9.29 Å². The Morgan fingerprint density at radius 3 is 2.87 bits per heavy atom. The van der Waals surface area contributed by atoms with Crippen LogP contribution < -0.4 is 4.72 Å². The maximum absolute atomic E-state index is 13.8. The van der Waals surface area contributed by atoms with Gasteiger partial charge < -0.3 is 10.0 Å². The summed E-state index contributed by atoms with van der Waals surface area (Å²) in [5, 5.41) is 8.90. The van der Waals surface area contributed by atoms with Gasteiger partial charge in [-0.15, -0.1) is 8.91 Å². The van der Waals surface area contributed by atoms with Gasteiger partial charge in [-0.1, -0.05) is 36.4 Å². The molecule has 1 amide bonds. The van der Waals surface area contributed by atoms with E-state index >= 15 is 0 Å². The lowest BCUT2D eigenvalue weighted by molar-refractivity contribution is -0.132. The number of aliphatic hydroxyl groups excluding tert-OH is 1. The van der Waals surface area contributed by atoms with Crippen LogP contribution in [0.25, 0.3) is 11.1 Å². The van der Waals surface area contributed by atoms with E-state index in [0.29, 0.717) is 6.04 Å². The molecular weight excluding hydrogens is 415 g/mol. The lowest BCUT2D eigenvalue weighted by atomic mass is 9.96. The highest BCUT2D eigenvalue weighted by atomic mass is 32.2. The molecule has 4 atom stereocenters. The number of hydrogen-bond acceptors (Lipinski definition) is 4. The summed E-state index contributed by atoms with van der Waals surface area (Å²) in [6.07, 6.45) is 5.60. The minimum Gasteiger partial charge on any atom is -0.366 e. The molecule has 1 heterocycles. The maximum Gasteiger partial charge on any atom is 0.237 e. The van der Waals surface area contributed by atoms with Crippen molar-refractivity contribution in [1.82, 2.24) is 9.62 Å². The Morgan fingerprint density at radius 1 is 1.23 bits per heavy atom. The number of halogens is 1. The number of rotatable bonds is 7. The first-order valence-electron chi connectivity index (χ1n) is 10.9. The van der Waals surface area contributed by atoms with Crippen molar-refractivity contribution < 1.29 is 18.5 Å². The van der Waals surface area contributed by atoms with Crippen molar-refractivity contribution in [3.05, 3.63) is 59.9 Å². The zero-order valence-corrected chi connectivity index (χ0v) is 18.6. The highest BCUT2D eigenvalue weighted by Gasteiger charge is 2.46. The lowest BCUT2D eigenvalue weighted by Gasteiger charge is -2.21. The van der Waals surface area contributed by atoms with Crippen molar-refractivity contribution in [2.45, 2.75) is 37.6 Å². The molecule has 2 N–H and O–H groups in total. The summed E-state index contributed by atoms with van der Waals surface area (Å²) in [5.41, 5.74) is 3.01. The molecule has 1 aliphatic heterocycles. The number of likely N-dealkylation sites (tertiary alicyclic amines) is 1. The zero-order chi connectivity index (χ0) is 21.8. The first-order valence-corrected chi connectivity index (χ1v) is 12.4. The summed E-state index contributed by atoms with van der Waals surface area (Å²) >= 11 is -0.477. The molecule has 0 aromatic heterocycles. The molecule has 1 saturated carbocycles. The van der Waals surface area contributed by atoms with Crippen LogP contribution in [0, 0.1) is 11.7 Å². The molecule has 0 bridgehead atoms. The van der Waals surface area contributed by atoms with Crippen molar-refractivity contribution in [3.63, 3.8) is 0 Å². The molecule has 5 nitrogen and oxygen atoms in total. The van der Waals surface area contributed by atoms with Gasteiger partial charge in [0.1, 0.15) is 5.82 Å². The summed E-state index contributed by atoms with van der Waals surface area (Å²) in [5.74, 6) is 0.200. The number of nitrogens with zero attached hydrogens (tertiary/aromatic N) is 1. The molecule has 2 aliphatic rings. The average Bonchev–Trinajstić information content (AvgIpc) is 3.58. The van der Waals surface area contributed by atoms with Crippen LogP contribution >= 0.6 is 0 Å². The van der Waals surface area contributed by atoms with Gasteiger partial charge >= 0.3 is 0 Å². The SMILES string of the molecule is C[S+](NC1CCCN(C(=O)C2CC2c2ccccc2-c2cccc(F)c2)CC1)OCO. The molecule has 166 valence electrons. The third-order valence-electron chi connectivity index (χ3n) is 6.21. The van der Waals surface area contributed by atoms with Gasteiger partial charge in [-0.2, -0.15) is 0 Å². The van der Waals surface area contributed by atoms with Gasteiger partial charge in [-0.25, -0.2) is 4.39 Å². The highest BCUT2D eigenvalue weighted by Crippen LogP contribution is 2.51. The van der Waals surface area contributed by atoms with E-state index < -0.39 is 11.4 Å². The van der Waals surface area contributed by atoms with Gasteiger partial charge in [-0.05, 0) is 60.4 Å². The fraction of sp³-hybridized carbons (Fsp3) is 0.458. The Labute approximate surface area is 186 Å². The Balaban J connectivity index is 1.39. The lowest BCUT2D eigenvalue weighted by Crippen LogP contribution is -2.37. The van der Waals surface area contributed by atoms with Crippen LogP contribution in [0.15, 0.2) is 48.5 Å². The van der Waals surface area contributed by atoms with E-state index in [0.717, 1.165) is 55.5 Å². The first kappa shape index (κ1) is 22.3. The second-order valence-electron chi connectivity index (χ2n) is 8.32. The van der Waals surface area contributed by atoms with E-state index in [1.165, 1.54) is 6.07 Å². The minimum atomic E-state index is -0.477. The van der Waals surface area contributed by atoms with Crippen LogP contribution in [0.3, 0.4) is 0 Å². The molecule has 2 aromatic rings. The Morgan fingerprint density at radius 2 is 2.06 bits per heavy atom. The molecule has 0 radical (unpaired) electrons.